The van der Waals surface area contributed by atoms with E-state index in [1.807, 2.05) is 0 Å². The molecule has 2 N–H and O–H groups in total. The summed E-state index contributed by atoms with van der Waals surface area (Å²) in [6, 6.07) is 8.84. The van der Waals surface area contributed by atoms with Gasteiger partial charge in [-0.1, -0.05) is 88.2 Å². The van der Waals surface area contributed by atoms with Crippen LogP contribution in [0.3, 0.4) is 0 Å². The van der Waals surface area contributed by atoms with Crippen molar-refractivity contribution in [3.05, 3.63) is 46.0 Å². The molecule has 1 aromatic carbocycles. The number of likely N-dealkylation sites (N-methyl/N-ethyl adjacent to an activating group) is 1. The van der Waals surface area contributed by atoms with Crippen molar-refractivity contribution < 1.29 is 19.7 Å². The van der Waals surface area contributed by atoms with Crippen LogP contribution in [0.25, 0.3) is 0 Å². The number of halogens is 1. The van der Waals surface area contributed by atoms with Crippen LogP contribution in [0.1, 0.15) is 118 Å². The zero-order chi connectivity index (χ0) is 34.3. The van der Waals surface area contributed by atoms with Gasteiger partial charge in [0.05, 0.1) is 24.2 Å². The number of hydrogen-bond donors (Lipinski definition) is 2. The highest BCUT2D eigenvalue weighted by atomic mass is 79.9. The van der Waals surface area contributed by atoms with Crippen molar-refractivity contribution >= 4 is 21.9 Å². The summed E-state index contributed by atoms with van der Waals surface area (Å²) in [5.74, 6) is 0.875. The van der Waals surface area contributed by atoms with Crippen molar-refractivity contribution in [1.29, 1.82) is 0 Å². The molecule has 0 aromatic heterocycles. The van der Waals surface area contributed by atoms with Gasteiger partial charge in [0, 0.05) is 23.0 Å². The standard InChI is InChI=1S/C41H62BrNO4/c1-35(2)16-19-40(34(45)46)20-18-38(6)30(31(40)27-35)12-13-33-37(5)17-21-41(28-10-9-11-29(42)26-28,47-25-23-43(8)22-24-44)36(3,4)32(37)14-15-39(33,38)7/h9-11,26-27,30,32-33,44H,12-25H2,1-8H3,(H,45,46)/t30-,32?,33-,37+,38-,39-,40+,41-/m1/s1. The van der Waals surface area contributed by atoms with E-state index < -0.39 is 17.0 Å². The number of aliphatic hydroxyl groups is 1. The maximum absolute atomic E-state index is 13.0. The number of fused-ring (bicyclic) bond motifs is 7. The molecule has 6 heteroatoms. The number of carbonyl (C=O) groups is 1. The van der Waals surface area contributed by atoms with Gasteiger partial charge in [-0.2, -0.15) is 0 Å². The highest BCUT2D eigenvalue weighted by molar-refractivity contribution is 9.10. The number of hydrogen-bond acceptors (Lipinski definition) is 4. The third kappa shape index (κ3) is 5.18. The summed E-state index contributed by atoms with van der Waals surface area (Å²) in [6.07, 6.45) is 12.8. The molecule has 5 aliphatic carbocycles. The summed E-state index contributed by atoms with van der Waals surface area (Å²) < 4.78 is 8.30. The monoisotopic (exact) mass is 711 g/mol. The second kappa shape index (κ2) is 11.9. The second-order valence-corrected chi connectivity index (χ2v) is 19.4. The van der Waals surface area contributed by atoms with Gasteiger partial charge in [0.25, 0.3) is 0 Å². The number of carboxylic acids is 1. The predicted molar refractivity (Wildman–Crippen MR) is 193 cm³/mol. The number of rotatable bonds is 8. The minimum absolute atomic E-state index is 0.0595. The molecule has 0 saturated heterocycles. The molecule has 1 aromatic rings. The van der Waals surface area contributed by atoms with Crippen molar-refractivity contribution in [2.75, 3.05) is 33.4 Å². The first-order valence-electron chi connectivity index (χ1n) is 18.6. The van der Waals surface area contributed by atoms with Crippen molar-refractivity contribution in [3.63, 3.8) is 0 Å². The molecular weight excluding hydrogens is 650 g/mol. The molecule has 1 unspecified atom stereocenters. The quantitative estimate of drug-likeness (QED) is 0.263. The number of nitrogens with zero attached hydrogens (tertiary/aromatic N) is 1. The molecule has 0 bridgehead atoms. The van der Waals surface area contributed by atoms with Gasteiger partial charge in [-0.25, -0.2) is 0 Å². The van der Waals surface area contributed by atoms with Crippen LogP contribution in [0.5, 0.6) is 0 Å². The van der Waals surface area contributed by atoms with E-state index in [9.17, 15) is 15.0 Å². The lowest BCUT2D eigenvalue weighted by Gasteiger charge is -2.73. The minimum atomic E-state index is -0.664. The fraction of sp³-hybridized carbons (Fsp3) is 0.780. The summed E-state index contributed by atoms with van der Waals surface area (Å²) in [6.45, 7) is 19.7. The molecule has 4 saturated carbocycles. The molecule has 0 amide bonds. The summed E-state index contributed by atoms with van der Waals surface area (Å²) in [4.78, 5) is 15.2. The zero-order valence-corrected chi connectivity index (χ0v) is 32.1. The van der Waals surface area contributed by atoms with E-state index in [4.69, 9.17) is 4.74 Å². The molecule has 0 radical (unpaired) electrons. The molecule has 0 aliphatic heterocycles. The number of aliphatic carboxylic acids is 1. The third-order valence-corrected chi connectivity index (χ3v) is 16.3. The number of aliphatic hydroxyl groups excluding tert-OH is 1. The van der Waals surface area contributed by atoms with Crippen LogP contribution >= 0.6 is 15.9 Å². The van der Waals surface area contributed by atoms with Crippen LogP contribution in [-0.4, -0.2) is 54.4 Å². The van der Waals surface area contributed by atoms with Crippen LogP contribution in [0.15, 0.2) is 40.4 Å². The molecule has 0 heterocycles. The Labute approximate surface area is 293 Å². The summed E-state index contributed by atoms with van der Waals surface area (Å²) in [7, 11) is 2.06. The smallest absolute Gasteiger partial charge is 0.313 e. The van der Waals surface area contributed by atoms with Crippen LogP contribution in [0, 0.1) is 50.2 Å². The van der Waals surface area contributed by atoms with Crippen molar-refractivity contribution in [2.45, 2.75) is 118 Å². The van der Waals surface area contributed by atoms with E-state index in [-0.39, 0.29) is 33.7 Å². The Kier molecular flexibility index (Phi) is 9.05. The van der Waals surface area contributed by atoms with Crippen molar-refractivity contribution in [1.82, 2.24) is 4.90 Å². The van der Waals surface area contributed by atoms with Crippen LogP contribution in [-0.2, 0) is 15.1 Å². The summed E-state index contributed by atoms with van der Waals surface area (Å²) in [5.41, 5.74) is 1.89. The first kappa shape index (κ1) is 35.6. The molecule has 8 atom stereocenters. The SMILES string of the molecule is CN(CCO)CCO[C@@]1(c2cccc(Br)c2)CC[C@@]2(C)C(CC[C@]3(C)[C@@H]2CC[C@@H]2C4=CC(C)(C)CC[C@]4(C(=O)O)CC[C@]23C)C1(C)C. The Hall–Kier alpha value is -1.21. The molecule has 0 spiro atoms. The van der Waals surface area contributed by atoms with E-state index in [2.05, 4.69) is 107 Å². The zero-order valence-electron chi connectivity index (χ0n) is 30.6. The van der Waals surface area contributed by atoms with E-state index in [0.717, 1.165) is 56.0 Å². The Balaban J connectivity index is 1.36. The highest BCUT2D eigenvalue weighted by Gasteiger charge is 2.71. The van der Waals surface area contributed by atoms with E-state index in [1.54, 1.807) is 0 Å². The maximum Gasteiger partial charge on any atom is 0.313 e. The molecule has 5 nitrogen and oxygen atoms in total. The minimum Gasteiger partial charge on any atom is -0.481 e. The third-order valence-electron chi connectivity index (χ3n) is 15.8. The van der Waals surface area contributed by atoms with Gasteiger partial charge in [-0.15, -0.1) is 0 Å². The Morgan fingerprint density at radius 2 is 1.62 bits per heavy atom. The van der Waals surface area contributed by atoms with Gasteiger partial charge < -0.3 is 19.8 Å². The average molecular weight is 713 g/mol. The average Bonchev–Trinajstić information content (AvgIpc) is 2.98. The van der Waals surface area contributed by atoms with Gasteiger partial charge in [0.15, 0.2) is 0 Å². The first-order chi connectivity index (χ1) is 21.9. The number of allylic oxidation sites excluding steroid dienone is 1. The van der Waals surface area contributed by atoms with E-state index in [0.29, 0.717) is 30.9 Å². The number of benzene rings is 1. The fourth-order valence-corrected chi connectivity index (χ4v) is 13.3. The van der Waals surface area contributed by atoms with Crippen LogP contribution in [0.4, 0.5) is 0 Å². The lowest BCUT2D eigenvalue weighted by molar-refractivity contribution is -0.268. The van der Waals surface area contributed by atoms with Gasteiger partial charge >= 0.3 is 5.97 Å². The topological polar surface area (TPSA) is 70.0 Å². The summed E-state index contributed by atoms with van der Waals surface area (Å²) >= 11 is 3.78. The second-order valence-electron chi connectivity index (χ2n) is 18.5. The van der Waals surface area contributed by atoms with Crippen molar-refractivity contribution in [2.24, 2.45) is 50.2 Å². The molecule has 47 heavy (non-hydrogen) atoms. The molecule has 262 valence electrons. The predicted octanol–water partition coefficient (Wildman–Crippen LogP) is 9.47. The van der Waals surface area contributed by atoms with Crippen LogP contribution < -0.4 is 0 Å². The van der Waals surface area contributed by atoms with Crippen molar-refractivity contribution in [3.8, 4) is 0 Å². The van der Waals surface area contributed by atoms with E-state index >= 15 is 0 Å². The van der Waals surface area contributed by atoms with Crippen LogP contribution in [0.2, 0.25) is 0 Å². The fourth-order valence-electron chi connectivity index (χ4n) is 12.9. The number of carboxylic acid groups (broad SMARTS) is 1. The Morgan fingerprint density at radius 3 is 2.30 bits per heavy atom. The molecule has 6 rings (SSSR count). The molecule has 4 fully saturated rings. The lowest BCUT2D eigenvalue weighted by Crippen LogP contribution is -2.68. The number of ether oxygens (including phenoxy) is 1. The first-order valence-corrected chi connectivity index (χ1v) is 19.4. The highest BCUT2D eigenvalue weighted by Crippen LogP contribution is 2.78. The van der Waals surface area contributed by atoms with Gasteiger partial charge in [0.1, 0.15) is 0 Å². The van der Waals surface area contributed by atoms with Gasteiger partial charge in [-0.3, -0.25) is 4.79 Å². The Bertz CT molecular complexity index is 1410. The van der Waals surface area contributed by atoms with E-state index in [1.165, 1.54) is 30.4 Å². The normalized spacial score (nSPS) is 42.0. The lowest BCUT2D eigenvalue weighted by atomic mass is 9.31. The largest absolute Gasteiger partial charge is 0.481 e. The maximum atomic E-state index is 13.0. The van der Waals surface area contributed by atoms with Gasteiger partial charge in [-0.05, 0) is 128 Å². The Morgan fingerprint density at radius 1 is 0.894 bits per heavy atom. The van der Waals surface area contributed by atoms with Gasteiger partial charge in [0.2, 0.25) is 0 Å². The molecule has 5 aliphatic rings. The molecular formula is C41H62BrNO4. The summed E-state index contributed by atoms with van der Waals surface area (Å²) in [5, 5.41) is 20.2.